The normalized spacial score (nSPS) is 17.1. The Labute approximate surface area is 181 Å². The summed E-state index contributed by atoms with van der Waals surface area (Å²) >= 11 is 0. The quantitative estimate of drug-likeness (QED) is 0.392. The third-order valence-corrected chi connectivity index (χ3v) is 5.50. The molecular weight excluding hydrogens is 374 g/mol. The largest absolute Gasteiger partial charge is 0.382 e. The van der Waals surface area contributed by atoms with Gasteiger partial charge in [-0.1, -0.05) is 76.5 Å². The van der Waals surface area contributed by atoms with Crippen molar-refractivity contribution in [3.05, 3.63) is 53.7 Å². The van der Waals surface area contributed by atoms with E-state index in [2.05, 4.69) is 42.0 Å². The Hall–Kier alpha value is -2.56. The fourth-order valence-corrected chi connectivity index (χ4v) is 3.62. The SMILES string of the molecule is C=C1[C@H](CN/C(=C/CCC)c2ccc(C(C)=O)cc2)NC(=O)CN1CCCCCC. The van der Waals surface area contributed by atoms with E-state index in [0.717, 1.165) is 42.8 Å². The highest BCUT2D eigenvalue weighted by Crippen LogP contribution is 2.18. The second-order valence-electron chi connectivity index (χ2n) is 8.01. The van der Waals surface area contributed by atoms with E-state index < -0.39 is 0 Å². The van der Waals surface area contributed by atoms with Crippen LogP contribution in [-0.4, -0.2) is 42.3 Å². The van der Waals surface area contributed by atoms with Crippen LogP contribution in [0.4, 0.5) is 0 Å². The van der Waals surface area contributed by atoms with Crippen molar-refractivity contribution in [1.29, 1.82) is 0 Å². The van der Waals surface area contributed by atoms with Gasteiger partial charge in [0.2, 0.25) is 5.91 Å². The maximum absolute atomic E-state index is 12.2. The van der Waals surface area contributed by atoms with Crippen molar-refractivity contribution in [3.63, 3.8) is 0 Å². The highest BCUT2D eigenvalue weighted by molar-refractivity contribution is 5.94. The Bertz CT molecular complexity index is 752. The first kappa shape index (κ1) is 23.7. The number of ketones is 1. The molecule has 5 heteroatoms. The van der Waals surface area contributed by atoms with Crippen molar-refractivity contribution in [2.24, 2.45) is 0 Å². The van der Waals surface area contributed by atoms with E-state index in [1.807, 2.05) is 24.3 Å². The zero-order valence-corrected chi connectivity index (χ0v) is 18.8. The predicted molar refractivity (Wildman–Crippen MR) is 124 cm³/mol. The summed E-state index contributed by atoms with van der Waals surface area (Å²) in [7, 11) is 0. The minimum Gasteiger partial charge on any atom is -0.382 e. The smallest absolute Gasteiger partial charge is 0.240 e. The van der Waals surface area contributed by atoms with Crippen molar-refractivity contribution >= 4 is 17.4 Å². The van der Waals surface area contributed by atoms with Gasteiger partial charge < -0.3 is 15.5 Å². The van der Waals surface area contributed by atoms with E-state index in [1.54, 1.807) is 6.92 Å². The monoisotopic (exact) mass is 411 g/mol. The van der Waals surface area contributed by atoms with Crippen molar-refractivity contribution < 1.29 is 9.59 Å². The first-order chi connectivity index (χ1) is 14.5. The maximum Gasteiger partial charge on any atom is 0.240 e. The number of nitrogens with one attached hydrogen (secondary N) is 2. The van der Waals surface area contributed by atoms with Gasteiger partial charge in [0.15, 0.2) is 5.78 Å². The van der Waals surface area contributed by atoms with Crippen LogP contribution >= 0.6 is 0 Å². The van der Waals surface area contributed by atoms with Crippen LogP contribution in [0.2, 0.25) is 0 Å². The molecule has 1 atom stereocenters. The van der Waals surface area contributed by atoms with Crippen LogP contribution in [-0.2, 0) is 4.79 Å². The van der Waals surface area contributed by atoms with Crippen LogP contribution < -0.4 is 10.6 Å². The molecular formula is C25H37N3O2. The molecule has 164 valence electrons. The Morgan fingerprint density at radius 2 is 1.87 bits per heavy atom. The summed E-state index contributed by atoms with van der Waals surface area (Å²) in [4.78, 5) is 25.9. The number of unbranched alkanes of at least 4 members (excludes halogenated alkanes) is 4. The molecule has 0 unspecified atom stereocenters. The summed E-state index contributed by atoms with van der Waals surface area (Å²) in [5.74, 6) is 0.114. The number of benzene rings is 1. The third-order valence-electron chi connectivity index (χ3n) is 5.50. The lowest BCUT2D eigenvalue weighted by Gasteiger charge is -2.37. The van der Waals surface area contributed by atoms with Crippen molar-refractivity contribution in [1.82, 2.24) is 15.5 Å². The lowest BCUT2D eigenvalue weighted by atomic mass is 10.0. The highest BCUT2D eigenvalue weighted by Gasteiger charge is 2.27. The van der Waals surface area contributed by atoms with Gasteiger partial charge in [-0.05, 0) is 25.3 Å². The van der Waals surface area contributed by atoms with E-state index in [9.17, 15) is 9.59 Å². The zero-order valence-electron chi connectivity index (χ0n) is 18.8. The van der Waals surface area contributed by atoms with Crippen molar-refractivity contribution in [2.75, 3.05) is 19.6 Å². The lowest BCUT2D eigenvalue weighted by Crippen LogP contribution is -2.55. The number of nitrogens with zero attached hydrogens (tertiary/aromatic N) is 1. The van der Waals surface area contributed by atoms with Gasteiger partial charge in [0.25, 0.3) is 0 Å². The standard InChI is InChI=1S/C25H37N3O2/c1-5-7-9-10-16-28-18-25(30)27-24(19(28)3)17-26-23(11-8-6-2)22-14-12-21(13-15-22)20(4)29/h11-15,24,26H,3,5-10,16-18H2,1-2,4H3,(H,27,30)/b23-11+/t24-/m0/s1. The fraction of sp³-hybridized carbons (Fsp3) is 0.520. The molecule has 0 bridgehead atoms. The van der Waals surface area contributed by atoms with Crippen LogP contribution in [0.5, 0.6) is 0 Å². The Morgan fingerprint density at radius 1 is 1.17 bits per heavy atom. The third kappa shape index (κ3) is 7.05. The summed E-state index contributed by atoms with van der Waals surface area (Å²) in [6.45, 7) is 12.1. The predicted octanol–water partition coefficient (Wildman–Crippen LogP) is 4.51. The number of carbonyl (C=O) groups excluding carboxylic acids is 2. The molecule has 5 nitrogen and oxygen atoms in total. The van der Waals surface area contributed by atoms with Crippen molar-refractivity contribution in [3.8, 4) is 0 Å². The van der Waals surface area contributed by atoms with Crippen LogP contribution in [0.1, 0.15) is 75.2 Å². The van der Waals surface area contributed by atoms with Gasteiger partial charge in [-0.3, -0.25) is 9.59 Å². The maximum atomic E-state index is 12.2. The molecule has 0 radical (unpaired) electrons. The number of piperazine rings is 1. The van der Waals surface area contributed by atoms with E-state index in [4.69, 9.17) is 0 Å². The average Bonchev–Trinajstić information content (AvgIpc) is 2.74. The van der Waals surface area contributed by atoms with Crippen molar-refractivity contribution in [2.45, 2.75) is 65.3 Å². The molecule has 2 rings (SSSR count). The number of hydrogen-bond donors (Lipinski definition) is 2. The summed E-state index contributed by atoms with van der Waals surface area (Å²) in [5.41, 5.74) is 3.74. The Balaban J connectivity index is 2.03. The molecule has 1 fully saturated rings. The van der Waals surface area contributed by atoms with Gasteiger partial charge in [0, 0.05) is 30.0 Å². The van der Waals surface area contributed by atoms with Gasteiger partial charge >= 0.3 is 0 Å². The van der Waals surface area contributed by atoms with Crippen LogP contribution in [0.3, 0.4) is 0 Å². The molecule has 0 spiro atoms. The Morgan fingerprint density at radius 3 is 2.50 bits per heavy atom. The number of allylic oxidation sites excluding steroid dienone is 1. The summed E-state index contributed by atoms with van der Waals surface area (Å²) in [5, 5.41) is 6.58. The lowest BCUT2D eigenvalue weighted by molar-refractivity contribution is -0.124. The highest BCUT2D eigenvalue weighted by atomic mass is 16.2. The van der Waals surface area contributed by atoms with E-state index in [1.165, 1.54) is 19.3 Å². The van der Waals surface area contributed by atoms with Gasteiger partial charge in [-0.15, -0.1) is 0 Å². The van der Waals surface area contributed by atoms with Gasteiger partial charge in [-0.25, -0.2) is 0 Å². The van der Waals surface area contributed by atoms with E-state index in [-0.39, 0.29) is 17.7 Å². The van der Waals surface area contributed by atoms with Gasteiger partial charge in [0.1, 0.15) is 0 Å². The molecule has 1 aliphatic rings. The Kier molecular flexibility index (Phi) is 9.65. The molecule has 1 amide bonds. The molecule has 0 aliphatic carbocycles. The van der Waals surface area contributed by atoms with E-state index >= 15 is 0 Å². The van der Waals surface area contributed by atoms with E-state index in [0.29, 0.717) is 18.7 Å². The molecule has 1 aromatic rings. The molecule has 1 saturated heterocycles. The molecule has 30 heavy (non-hydrogen) atoms. The summed E-state index contributed by atoms with van der Waals surface area (Å²) in [6, 6.07) is 7.54. The van der Waals surface area contributed by atoms with Gasteiger partial charge in [-0.2, -0.15) is 0 Å². The zero-order chi connectivity index (χ0) is 21.9. The topological polar surface area (TPSA) is 61.4 Å². The molecule has 1 heterocycles. The molecule has 0 saturated carbocycles. The van der Waals surface area contributed by atoms with Gasteiger partial charge in [0.05, 0.1) is 12.6 Å². The summed E-state index contributed by atoms with van der Waals surface area (Å²) < 4.78 is 0. The van der Waals surface area contributed by atoms with Crippen LogP contribution in [0.15, 0.2) is 42.6 Å². The minimum atomic E-state index is -0.126. The molecule has 0 aromatic heterocycles. The number of amides is 1. The molecule has 1 aromatic carbocycles. The first-order valence-corrected chi connectivity index (χ1v) is 11.2. The van der Waals surface area contributed by atoms with Crippen LogP contribution in [0, 0.1) is 0 Å². The number of Topliss-reactive ketones (excluding diaryl/α,β-unsaturated/α-hetero) is 1. The second-order valence-corrected chi connectivity index (χ2v) is 8.01. The average molecular weight is 412 g/mol. The minimum absolute atomic E-state index is 0.0505. The number of hydrogen-bond acceptors (Lipinski definition) is 4. The molecule has 1 aliphatic heterocycles. The first-order valence-electron chi connectivity index (χ1n) is 11.2. The number of rotatable bonds is 12. The second kappa shape index (κ2) is 12.2. The van der Waals surface area contributed by atoms with Crippen LogP contribution in [0.25, 0.3) is 5.70 Å². The number of carbonyl (C=O) groups is 2. The summed E-state index contributed by atoms with van der Waals surface area (Å²) in [6.07, 6.45) is 8.89. The molecule has 2 N–H and O–H groups in total. The fourth-order valence-electron chi connectivity index (χ4n) is 3.62.